The van der Waals surface area contributed by atoms with Crippen LogP contribution in [-0.2, 0) is 0 Å². The summed E-state index contributed by atoms with van der Waals surface area (Å²) < 4.78 is 10.3. The van der Waals surface area contributed by atoms with Gasteiger partial charge in [0.15, 0.2) is 11.5 Å². The second kappa shape index (κ2) is 2.81. The van der Waals surface area contributed by atoms with E-state index in [1.54, 1.807) is 19.1 Å². The third-order valence-corrected chi connectivity index (χ3v) is 2.03. The largest absolute Gasteiger partial charge is 0.454 e. The highest BCUT2D eigenvalue weighted by molar-refractivity contribution is 5.59. The van der Waals surface area contributed by atoms with Crippen LogP contribution in [0.4, 0.5) is 5.69 Å². The quantitative estimate of drug-likeness (QED) is 0.635. The molecule has 3 N–H and O–H groups in total. The maximum absolute atomic E-state index is 9.36. The number of anilines is 1. The zero-order chi connectivity index (χ0) is 9.42. The second-order valence-electron chi connectivity index (χ2n) is 3.01. The first-order chi connectivity index (χ1) is 6.18. The first-order valence-corrected chi connectivity index (χ1v) is 4.05. The minimum atomic E-state index is -0.588. The van der Waals surface area contributed by atoms with Gasteiger partial charge in [-0.3, -0.25) is 0 Å². The normalized spacial score (nSPS) is 15.8. The van der Waals surface area contributed by atoms with Gasteiger partial charge in [0.2, 0.25) is 6.79 Å². The number of hydrogen-bond acceptors (Lipinski definition) is 4. The van der Waals surface area contributed by atoms with E-state index in [2.05, 4.69) is 0 Å². The van der Waals surface area contributed by atoms with Gasteiger partial charge in [-0.15, -0.1) is 0 Å². The first kappa shape index (κ1) is 8.19. The average molecular weight is 181 g/mol. The lowest BCUT2D eigenvalue weighted by Gasteiger charge is -2.09. The molecule has 0 fully saturated rings. The molecule has 0 radical (unpaired) electrons. The van der Waals surface area contributed by atoms with Gasteiger partial charge in [0.25, 0.3) is 0 Å². The van der Waals surface area contributed by atoms with Gasteiger partial charge >= 0.3 is 0 Å². The Bertz CT molecular complexity index is 336. The van der Waals surface area contributed by atoms with Gasteiger partial charge in [0, 0.05) is 17.3 Å². The molecule has 0 aliphatic carbocycles. The van der Waals surface area contributed by atoms with Crippen LogP contribution < -0.4 is 15.2 Å². The molecule has 70 valence electrons. The SMILES string of the molecule is C[C@H](O)c1cc2c(cc1N)OCO2. The van der Waals surface area contributed by atoms with E-state index in [0.717, 1.165) is 0 Å². The second-order valence-corrected chi connectivity index (χ2v) is 3.01. The maximum Gasteiger partial charge on any atom is 0.231 e. The standard InChI is InChI=1S/C9H11NO3/c1-5(11)6-2-8-9(3-7(6)10)13-4-12-8/h2-3,5,11H,4,10H2,1H3/t5-/m0/s1. The summed E-state index contributed by atoms with van der Waals surface area (Å²) in [4.78, 5) is 0. The van der Waals surface area contributed by atoms with E-state index in [1.165, 1.54) is 0 Å². The molecular weight excluding hydrogens is 170 g/mol. The van der Waals surface area contributed by atoms with Crippen molar-refractivity contribution in [1.82, 2.24) is 0 Å². The molecule has 4 nitrogen and oxygen atoms in total. The minimum absolute atomic E-state index is 0.220. The maximum atomic E-state index is 9.36. The summed E-state index contributed by atoms with van der Waals surface area (Å²) in [6, 6.07) is 3.38. The topological polar surface area (TPSA) is 64.7 Å². The molecule has 1 aromatic rings. The van der Waals surface area contributed by atoms with Crippen LogP contribution in [0.1, 0.15) is 18.6 Å². The van der Waals surface area contributed by atoms with Gasteiger partial charge in [-0.2, -0.15) is 0 Å². The van der Waals surface area contributed by atoms with Crippen LogP contribution in [0.25, 0.3) is 0 Å². The molecule has 1 atom stereocenters. The number of benzene rings is 1. The van der Waals surface area contributed by atoms with Crippen LogP contribution in [0, 0.1) is 0 Å². The molecule has 1 aliphatic rings. The van der Waals surface area contributed by atoms with Gasteiger partial charge in [0.1, 0.15) is 0 Å². The zero-order valence-electron chi connectivity index (χ0n) is 7.28. The fourth-order valence-corrected chi connectivity index (χ4v) is 1.34. The van der Waals surface area contributed by atoms with Crippen LogP contribution in [0.3, 0.4) is 0 Å². The Morgan fingerprint density at radius 2 is 2.00 bits per heavy atom. The molecule has 0 unspecified atom stereocenters. The Hall–Kier alpha value is -1.42. The molecule has 2 rings (SSSR count). The molecule has 0 saturated heterocycles. The Kier molecular flexibility index (Phi) is 1.77. The number of aliphatic hydroxyl groups excluding tert-OH is 1. The summed E-state index contributed by atoms with van der Waals surface area (Å²) in [5, 5.41) is 9.36. The fourth-order valence-electron chi connectivity index (χ4n) is 1.34. The van der Waals surface area contributed by atoms with Crippen molar-refractivity contribution in [3.05, 3.63) is 17.7 Å². The summed E-state index contributed by atoms with van der Waals surface area (Å²) in [5.41, 5.74) is 6.90. The van der Waals surface area contributed by atoms with Crippen molar-refractivity contribution >= 4 is 5.69 Å². The van der Waals surface area contributed by atoms with Crippen LogP contribution in [-0.4, -0.2) is 11.9 Å². The summed E-state index contributed by atoms with van der Waals surface area (Å²) >= 11 is 0. The van der Waals surface area contributed by atoms with E-state index in [9.17, 15) is 5.11 Å². The molecule has 0 saturated carbocycles. The predicted octanol–water partition coefficient (Wildman–Crippen LogP) is 1.05. The van der Waals surface area contributed by atoms with Crippen molar-refractivity contribution < 1.29 is 14.6 Å². The number of nitrogens with two attached hydrogens (primary N) is 1. The number of hydrogen-bond donors (Lipinski definition) is 2. The number of aliphatic hydroxyl groups is 1. The lowest BCUT2D eigenvalue weighted by Crippen LogP contribution is -1.98. The number of rotatable bonds is 1. The highest BCUT2D eigenvalue weighted by Gasteiger charge is 2.17. The average Bonchev–Trinajstić information content (AvgIpc) is 2.48. The van der Waals surface area contributed by atoms with Gasteiger partial charge in [-0.25, -0.2) is 0 Å². The van der Waals surface area contributed by atoms with E-state index in [1.807, 2.05) is 0 Å². The Morgan fingerprint density at radius 3 is 2.62 bits per heavy atom. The molecule has 4 heteroatoms. The third-order valence-electron chi connectivity index (χ3n) is 2.03. The first-order valence-electron chi connectivity index (χ1n) is 4.05. The predicted molar refractivity (Wildman–Crippen MR) is 47.6 cm³/mol. The van der Waals surface area contributed by atoms with Crippen molar-refractivity contribution in [1.29, 1.82) is 0 Å². The van der Waals surface area contributed by atoms with Crippen molar-refractivity contribution in [3.63, 3.8) is 0 Å². The van der Waals surface area contributed by atoms with E-state index in [4.69, 9.17) is 15.2 Å². The van der Waals surface area contributed by atoms with Gasteiger partial charge < -0.3 is 20.3 Å². The van der Waals surface area contributed by atoms with E-state index in [0.29, 0.717) is 22.7 Å². The molecule has 0 aromatic heterocycles. The van der Waals surface area contributed by atoms with E-state index in [-0.39, 0.29) is 6.79 Å². The number of ether oxygens (including phenoxy) is 2. The number of fused-ring (bicyclic) bond motifs is 1. The van der Waals surface area contributed by atoms with Crippen LogP contribution in [0.15, 0.2) is 12.1 Å². The summed E-state index contributed by atoms with van der Waals surface area (Å²) in [6.45, 7) is 1.88. The van der Waals surface area contributed by atoms with Gasteiger partial charge in [0.05, 0.1) is 6.10 Å². The monoisotopic (exact) mass is 181 g/mol. The molecule has 1 aromatic carbocycles. The van der Waals surface area contributed by atoms with Gasteiger partial charge in [-0.1, -0.05) is 0 Å². The van der Waals surface area contributed by atoms with Crippen molar-refractivity contribution in [2.75, 3.05) is 12.5 Å². The van der Waals surface area contributed by atoms with E-state index >= 15 is 0 Å². The smallest absolute Gasteiger partial charge is 0.231 e. The lowest BCUT2D eigenvalue weighted by atomic mass is 10.1. The van der Waals surface area contributed by atoms with Gasteiger partial charge in [-0.05, 0) is 13.0 Å². The fraction of sp³-hybridized carbons (Fsp3) is 0.333. The van der Waals surface area contributed by atoms with Crippen LogP contribution >= 0.6 is 0 Å². The molecule has 1 heterocycles. The molecule has 0 amide bonds. The highest BCUT2D eigenvalue weighted by Crippen LogP contribution is 2.37. The van der Waals surface area contributed by atoms with Crippen molar-refractivity contribution in [2.45, 2.75) is 13.0 Å². The number of nitrogen functional groups attached to an aromatic ring is 1. The van der Waals surface area contributed by atoms with Crippen LogP contribution in [0.2, 0.25) is 0 Å². The molecule has 1 aliphatic heterocycles. The third kappa shape index (κ3) is 1.29. The molecular formula is C9H11NO3. The summed E-state index contributed by atoms with van der Waals surface area (Å²) in [6.07, 6.45) is -0.588. The van der Waals surface area contributed by atoms with Crippen LogP contribution in [0.5, 0.6) is 11.5 Å². The molecule has 0 bridgehead atoms. The highest BCUT2D eigenvalue weighted by atomic mass is 16.7. The molecule has 0 spiro atoms. The van der Waals surface area contributed by atoms with Crippen molar-refractivity contribution in [2.24, 2.45) is 0 Å². The zero-order valence-corrected chi connectivity index (χ0v) is 7.28. The lowest BCUT2D eigenvalue weighted by molar-refractivity contribution is 0.173. The Morgan fingerprint density at radius 1 is 1.38 bits per heavy atom. The molecule has 13 heavy (non-hydrogen) atoms. The Balaban J connectivity index is 2.49. The summed E-state index contributed by atoms with van der Waals surface area (Å²) in [7, 11) is 0. The van der Waals surface area contributed by atoms with Crippen molar-refractivity contribution in [3.8, 4) is 11.5 Å². The Labute approximate surface area is 75.9 Å². The van der Waals surface area contributed by atoms with E-state index < -0.39 is 6.10 Å². The summed E-state index contributed by atoms with van der Waals surface area (Å²) in [5.74, 6) is 1.28. The minimum Gasteiger partial charge on any atom is -0.454 e.